The number of carbonyl (C=O) groups is 6. The number of imide groups is 2. The Morgan fingerprint density at radius 3 is 0.868 bits per heavy atom. The van der Waals surface area contributed by atoms with E-state index in [0.29, 0.717) is 66.4 Å². The fourth-order valence-electron chi connectivity index (χ4n) is 12.2. The first-order valence-corrected chi connectivity index (χ1v) is 30.7. The van der Waals surface area contributed by atoms with Gasteiger partial charge in [0.2, 0.25) is 0 Å². The van der Waals surface area contributed by atoms with Gasteiger partial charge in [0, 0.05) is 46.1 Å². The molecule has 6 rings (SSSR count). The summed E-state index contributed by atoms with van der Waals surface area (Å²) >= 11 is 0. The number of hydrogen-bond acceptors (Lipinski definition) is 6. The lowest BCUT2D eigenvalue weighted by Gasteiger charge is -2.36. The Labute approximate surface area is 457 Å². The van der Waals surface area contributed by atoms with E-state index in [1.54, 1.807) is 36.4 Å². The highest BCUT2D eigenvalue weighted by atomic mass is 16.2. The van der Waals surface area contributed by atoms with Gasteiger partial charge in [-0.3, -0.25) is 38.6 Å². The van der Waals surface area contributed by atoms with Crippen LogP contribution in [-0.2, 0) is 0 Å². The molecule has 2 aliphatic heterocycles. The van der Waals surface area contributed by atoms with Crippen molar-refractivity contribution in [2.24, 2.45) is 11.8 Å². The van der Waals surface area contributed by atoms with Crippen LogP contribution in [0.4, 0.5) is 0 Å². The van der Waals surface area contributed by atoms with Gasteiger partial charge in [-0.2, -0.15) is 0 Å². The van der Waals surface area contributed by atoms with Crippen molar-refractivity contribution >= 4 is 47.0 Å². The SMILES string of the molecule is CCCCCCCCCCC(CCCCCCCC)CN1C(=O)c2cc(-c3ccc(C=O)cc3)c3c4c(cc(-c5ccc(C=O)cc5)c(c24)C1=O)C(=O)N(CC(CCCCCCCC)CCCCCCCCCC)C3=O. The van der Waals surface area contributed by atoms with Gasteiger partial charge in [-0.15, -0.1) is 0 Å². The lowest BCUT2D eigenvalue weighted by atomic mass is 9.78. The quantitative estimate of drug-likeness (QED) is 0.0249. The molecule has 2 aliphatic rings. The number of aldehydes is 2. The van der Waals surface area contributed by atoms with Crippen molar-refractivity contribution < 1.29 is 28.8 Å². The Bertz CT molecular complexity index is 2320. The van der Waals surface area contributed by atoms with E-state index < -0.39 is 23.6 Å². The Balaban J connectivity index is 1.43. The lowest BCUT2D eigenvalue weighted by molar-refractivity contribution is 0.0557. The van der Waals surface area contributed by atoms with Crippen molar-refractivity contribution in [2.45, 2.75) is 233 Å². The number of hydrogen-bond donors (Lipinski definition) is 0. The van der Waals surface area contributed by atoms with Gasteiger partial charge in [0.05, 0.1) is 11.1 Å². The summed E-state index contributed by atoms with van der Waals surface area (Å²) in [5, 5.41) is 0.696. The zero-order chi connectivity index (χ0) is 54.1. The van der Waals surface area contributed by atoms with Crippen molar-refractivity contribution in [3.05, 3.63) is 94.0 Å². The normalized spacial score (nSPS) is 14.1. The summed E-state index contributed by atoms with van der Waals surface area (Å²) in [4.78, 5) is 88.9. The van der Waals surface area contributed by atoms with Crippen LogP contribution in [0.25, 0.3) is 33.0 Å². The minimum atomic E-state index is -0.414. The molecular formula is C68H94N2O6. The van der Waals surface area contributed by atoms with Gasteiger partial charge in [0.25, 0.3) is 23.6 Å². The van der Waals surface area contributed by atoms with Crippen molar-refractivity contribution in [3.63, 3.8) is 0 Å². The van der Waals surface area contributed by atoms with E-state index in [4.69, 9.17) is 0 Å². The summed E-state index contributed by atoms with van der Waals surface area (Å²) in [6.45, 7) is 9.51. The Morgan fingerprint density at radius 1 is 0.342 bits per heavy atom. The van der Waals surface area contributed by atoms with Crippen LogP contribution in [-0.4, -0.2) is 59.1 Å². The van der Waals surface area contributed by atoms with Gasteiger partial charge in [-0.05, 0) is 71.9 Å². The average molecular weight is 1040 g/mol. The van der Waals surface area contributed by atoms with Crippen LogP contribution in [0, 0.1) is 11.8 Å². The average Bonchev–Trinajstić information content (AvgIpc) is 3.44. The van der Waals surface area contributed by atoms with Crippen molar-refractivity contribution in [1.29, 1.82) is 0 Å². The molecule has 0 bridgehead atoms. The molecule has 0 spiro atoms. The summed E-state index contributed by atoms with van der Waals surface area (Å²) in [5.41, 5.74) is 4.50. The Hall–Kier alpha value is -5.24. The minimum absolute atomic E-state index is 0.117. The van der Waals surface area contributed by atoms with Gasteiger partial charge in [0.15, 0.2) is 0 Å². The summed E-state index contributed by atoms with van der Waals surface area (Å²) in [6, 6.07) is 17.7. The van der Waals surface area contributed by atoms with Crippen LogP contribution in [0.3, 0.4) is 0 Å². The molecular weight excluding hydrogens is 941 g/mol. The van der Waals surface area contributed by atoms with Gasteiger partial charge < -0.3 is 0 Å². The third-order valence-electron chi connectivity index (χ3n) is 16.7. The highest BCUT2D eigenvalue weighted by molar-refractivity contribution is 6.36. The molecule has 0 saturated carbocycles. The molecule has 4 aromatic carbocycles. The van der Waals surface area contributed by atoms with E-state index in [1.807, 2.05) is 24.3 Å². The maximum Gasteiger partial charge on any atom is 0.262 e. The maximum atomic E-state index is 15.6. The molecule has 0 radical (unpaired) electrons. The van der Waals surface area contributed by atoms with E-state index in [0.717, 1.165) is 89.6 Å². The van der Waals surface area contributed by atoms with Crippen LogP contribution < -0.4 is 0 Å². The summed E-state index contributed by atoms with van der Waals surface area (Å²) in [6.07, 6.45) is 38.5. The molecule has 0 saturated heterocycles. The molecule has 0 fully saturated rings. The highest BCUT2D eigenvalue weighted by Crippen LogP contribution is 2.47. The van der Waals surface area contributed by atoms with Crippen molar-refractivity contribution in [1.82, 2.24) is 9.80 Å². The molecule has 4 amide bonds. The number of rotatable bonds is 40. The number of unbranched alkanes of at least 4 members (excludes halogenated alkanes) is 24. The van der Waals surface area contributed by atoms with Gasteiger partial charge in [0.1, 0.15) is 12.6 Å². The lowest BCUT2D eigenvalue weighted by Crippen LogP contribution is -2.46. The van der Waals surface area contributed by atoms with Crippen LogP contribution in [0.1, 0.15) is 295 Å². The minimum Gasteiger partial charge on any atom is -0.298 e. The zero-order valence-electron chi connectivity index (χ0n) is 47.5. The summed E-state index contributed by atoms with van der Waals surface area (Å²) in [7, 11) is 0. The molecule has 0 N–H and O–H groups in total. The molecule has 8 heteroatoms. The third-order valence-corrected chi connectivity index (χ3v) is 16.7. The number of amides is 4. The van der Waals surface area contributed by atoms with Crippen molar-refractivity contribution in [3.8, 4) is 22.3 Å². The first-order valence-electron chi connectivity index (χ1n) is 30.7. The largest absolute Gasteiger partial charge is 0.298 e. The molecule has 4 aromatic rings. The predicted molar refractivity (Wildman–Crippen MR) is 314 cm³/mol. The molecule has 76 heavy (non-hydrogen) atoms. The fraction of sp³-hybridized carbons (Fsp3) is 0.588. The van der Waals surface area contributed by atoms with Gasteiger partial charge in [-0.25, -0.2) is 0 Å². The van der Waals surface area contributed by atoms with Crippen molar-refractivity contribution in [2.75, 3.05) is 13.1 Å². The van der Waals surface area contributed by atoms with E-state index in [9.17, 15) is 9.59 Å². The molecule has 2 unspecified atom stereocenters. The standard InChI is InChI=1S/C68H94N2O6/c1-5-9-13-17-21-23-27-31-35-51(33-29-25-19-15-11-7-3)47-69-65(73)59-45-58(56-43-39-54(50-72)40-44-56)64-62-60(46-57(63(61(59)62)67(69)75)55-41-37-53(49-71)38-42-55)66(74)70(68(64)76)48-52(34-30-26-20-16-12-8-4)36-32-28-24-22-18-14-10-6-2/h37-46,49-52H,5-36,47-48H2,1-4H3. The first kappa shape index (κ1) is 60.0. The second kappa shape index (κ2) is 32.5. The Kier molecular flexibility index (Phi) is 25.6. The van der Waals surface area contributed by atoms with Crippen LogP contribution in [0.5, 0.6) is 0 Å². The van der Waals surface area contributed by atoms with E-state index in [-0.39, 0.29) is 24.9 Å². The topological polar surface area (TPSA) is 109 Å². The van der Waals surface area contributed by atoms with E-state index in [2.05, 4.69) is 27.7 Å². The predicted octanol–water partition coefficient (Wildman–Crippen LogP) is 18.8. The smallest absolute Gasteiger partial charge is 0.262 e. The molecule has 8 nitrogen and oxygen atoms in total. The Morgan fingerprint density at radius 2 is 0.605 bits per heavy atom. The van der Waals surface area contributed by atoms with E-state index >= 15 is 19.2 Å². The zero-order valence-corrected chi connectivity index (χ0v) is 47.5. The monoisotopic (exact) mass is 1030 g/mol. The molecule has 2 atom stereocenters. The highest BCUT2D eigenvalue weighted by Gasteiger charge is 2.44. The molecule has 0 aromatic heterocycles. The molecule has 412 valence electrons. The van der Waals surface area contributed by atoms with E-state index in [1.165, 1.54) is 138 Å². The molecule has 0 aliphatic carbocycles. The van der Waals surface area contributed by atoms with Crippen LogP contribution in [0.2, 0.25) is 0 Å². The third kappa shape index (κ3) is 16.4. The fourth-order valence-corrected chi connectivity index (χ4v) is 12.2. The van der Waals surface area contributed by atoms with Gasteiger partial charge >= 0.3 is 0 Å². The number of carbonyl (C=O) groups excluding carboxylic acids is 6. The molecule has 2 heterocycles. The second-order valence-corrected chi connectivity index (χ2v) is 22.7. The van der Waals surface area contributed by atoms with Gasteiger partial charge in [-0.1, -0.05) is 256 Å². The van der Waals surface area contributed by atoms with Crippen LogP contribution >= 0.6 is 0 Å². The van der Waals surface area contributed by atoms with Crippen LogP contribution in [0.15, 0.2) is 60.7 Å². The number of benzene rings is 4. The second-order valence-electron chi connectivity index (χ2n) is 22.7. The first-order chi connectivity index (χ1) is 37.2. The maximum absolute atomic E-state index is 15.6. The summed E-state index contributed by atoms with van der Waals surface area (Å²) in [5.74, 6) is -1.42. The summed E-state index contributed by atoms with van der Waals surface area (Å²) < 4.78 is 0. The number of nitrogens with zero attached hydrogens (tertiary/aromatic N) is 2.